The number of hydrogen-bond acceptors (Lipinski definition) is 4. The van der Waals surface area contributed by atoms with Crippen LogP contribution >= 0.6 is 0 Å². The molecule has 0 aromatic heterocycles. The van der Waals surface area contributed by atoms with Crippen molar-refractivity contribution in [2.75, 3.05) is 19.0 Å². The maximum Gasteiger partial charge on any atom is 0.406 e. The third-order valence-corrected chi connectivity index (χ3v) is 6.27. The van der Waals surface area contributed by atoms with E-state index in [-0.39, 0.29) is 4.90 Å². The van der Waals surface area contributed by atoms with Gasteiger partial charge in [0.25, 0.3) is 0 Å². The molecule has 29 heavy (non-hydrogen) atoms. The largest absolute Gasteiger partial charge is 0.497 e. The van der Waals surface area contributed by atoms with E-state index in [0.717, 1.165) is 5.56 Å². The molecule has 0 amide bonds. The van der Waals surface area contributed by atoms with Crippen LogP contribution in [0.3, 0.4) is 0 Å². The average molecular weight is 430 g/mol. The molecule has 2 rings (SSSR count). The molecular weight excluding hydrogens is 405 g/mol. The molecule has 1 unspecified atom stereocenters. The Hall–Kier alpha value is -2.26. The fourth-order valence-corrected chi connectivity index (χ4v) is 4.91. The van der Waals surface area contributed by atoms with Crippen LogP contribution in [0.1, 0.15) is 22.3 Å². The maximum absolute atomic E-state index is 13.6. The quantitative estimate of drug-likeness (QED) is 0.689. The highest BCUT2D eigenvalue weighted by molar-refractivity contribution is 7.89. The molecule has 0 fully saturated rings. The van der Waals surface area contributed by atoms with Crippen LogP contribution in [-0.4, -0.2) is 34.3 Å². The zero-order chi connectivity index (χ0) is 22.0. The van der Waals surface area contributed by atoms with E-state index in [2.05, 4.69) is 5.32 Å². The molecular formula is C20H25F3N2O3S. The number of sulfonamides is 1. The second kappa shape index (κ2) is 8.62. The lowest BCUT2D eigenvalue weighted by Crippen LogP contribution is -2.49. The van der Waals surface area contributed by atoms with Gasteiger partial charge in [-0.05, 0) is 62.6 Å². The van der Waals surface area contributed by atoms with Gasteiger partial charge < -0.3 is 10.1 Å². The number of hydrogen-bond donors (Lipinski definition) is 2. The Morgan fingerprint density at radius 3 is 2.07 bits per heavy atom. The van der Waals surface area contributed by atoms with Crippen molar-refractivity contribution in [3.05, 3.63) is 52.6 Å². The molecule has 5 nitrogen and oxygen atoms in total. The van der Waals surface area contributed by atoms with Crippen LogP contribution in [0.5, 0.6) is 5.75 Å². The molecule has 2 aromatic carbocycles. The number of alkyl halides is 3. The SMILES string of the molecule is COc1ccc(NCC(NS(=O)(=O)c2c(C)cc(C)cc2C)C(F)(F)F)c(C)c1. The van der Waals surface area contributed by atoms with Crippen LogP contribution in [-0.2, 0) is 10.0 Å². The lowest BCUT2D eigenvalue weighted by molar-refractivity contribution is -0.148. The van der Waals surface area contributed by atoms with Gasteiger partial charge in [0.1, 0.15) is 11.8 Å². The van der Waals surface area contributed by atoms with Gasteiger partial charge in [0.2, 0.25) is 10.0 Å². The van der Waals surface area contributed by atoms with Gasteiger partial charge in [-0.2, -0.15) is 17.9 Å². The topological polar surface area (TPSA) is 67.4 Å². The normalized spacial score (nSPS) is 13.2. The fraction of sp³-hybridized carbons (Fsp3) is 0.400. The van der Waals surface area contributed by atoms with Crippen molar-refractivity contribution >= 4 is 15.7 Å². The van der Waals surface area contributed by atoms with E-state index in [1.807, 2.05) is 4.72 Å². The fourth-order valence-electron chi connectivity index (χ4n) is 3.23. The summed E-state index contributed by atoms with van der Waals surface area (Å²) in [5, 5.41) is 2.68. The average Bonchev–Trinajstić information content (AvgIpc) is 2.57. The summed E-state index contributed by atoms with van der Waals surface area (Å²) in [5.74, 6) is 0.575. The highest BCUT2D eigenvalue weighted by atomic mass is 32.2. The number of halogens is 3. The summed E-state index contributed by atoms with van der Waals surface area (Å²) in [6, 6.07) is 5.83. The van der Waals surface area contributed by atoms with Gasteiger partial charge in [-0.15, -0.1) is 0 Å². The minimum absolute atomic E-state index is 0.127. The zero-order valence-corrected chi connectivity index (χ0v) is 17.8. The summed E-state index contributed by atoms with van der Waals surface area (Å²) in [6.07, 6.45) is -4.77. The van der Waals surface area contributed by atoms with E-state index in [9.17, 15) is 21.6 Å². The van der Waals surface area contributed by atoms with Crippen molar-refractivity contribution < 1.29 is 26.3 Å². The zero-order valence-electron chi connectivity index (χ0n) is 16.9. The number of rotatable bonds is 7. The molecule has 9 heteroatoms. The van der Waals surface area contributed by atoms with Crippen molar-refractivity contribution in [1.29, 1.82) is 0 Å². The van der Waals surface area contributed by atoms with Gasteiger partial charge in [-0.25, -0.2) is 8.42 Å². The van der Waals surface area contributed by atoms with Crippen LogP contribution in [0.25, 0.3) is 0 Å². The van der Waals surface area contributed by atoms with Gasteiger partial charge in [0, 0.05) is 12.2 Å². The predicted molar refractivity (Wildman–Crippen MR) is 107 cm³/mol. The van der Waals surface area contributed by atoms with E-state index in [0.29, 0.717) is 28.1 Å². The first-order valence-electron chi connectivity index (χ1n) is 8.90. The van der Waals surface area contributed by atoms with Crippen LogP contribution in [0.4, 0.5) is 18.9 Å². The molecule has 160 valence electrons. The predicted octanol–water partition coefficient (Wildman–Crippen LogP) is 4.25. The van der Waals surface area contributed by atoms with E-state index in [1.165, 1.54) is 7.11 Å². The van der Waals surface area contributed by atoms with Gasteiger partial charge in [-0.3, -0.25) is 0 Å². The number of methoxy groups -OCH3 is 1. The van der Waals surface area contributed by atoms with Gasteiger partial charge >= 0.3 is 6.18 Å². The Morgan fingerprint density at radius 1 is 1.00 bits per heavy atom. The summed E-state index contributed by atoms with van der Waals surface area (Å²) >= 11 is 0. The molecule has 0 spiro atoms. The van der Waals surface area contributed by atoms with Crippen LogP contribution in [0.2, 0.25) is 0 Å². The van der Waals surface area contributed by atoms with Crippen molar-refractivity contribution in [2.45, 2.75) is 44.8 Å². The monoisotopic (exact) mass is 430 g/mol. The maximum atomic E-state index is 13.6. The highest BCUT2D eigenvalue weighted by Gasteiger charge is 2.42. The summed E-state index contributed by atoms with van der Waals surface area (Å²) in [5.41, 5.74) is 2.77. The van der Waals surface area contributed by atoms with Crippen molar-refractivity contribution in [1.82, 2.24) is 4.72 Å². The molecule has 0 saturated heterocycles. The molecule has 2 N–H and O–H groups in total. The van der Waals surface area contributed by atoms with Crippen LogP contribution in [0, 0.1) is 27.7 Å². The third-order valence-electron chi connectivity index (χ3n) is 4.50. The molecule has 0 aliphatic carbocycles. The summed E-state index contributed by atoms with van der Waals surface area (Å²) in [6.45, 7) is 5.99. The summed E-state index contributed by atoms with van der Waals surface area (Å²) in [7, 11) is -2.88. The molecule has 0 aliphatic rings. The van der Waals surface area contributed by atoms with Crippen molar-refractivity contribution in [3.8, 4) is 5.75 Å². The minimum Gasteiger partial charge on any atom is -0.497 e. The Balaban J connectivity index is 2.28. The first kappa shape index (κ1) is 23.0. The smallest absolute Gasteiger partial charge is 0.406 e. The van der Waals surface area contributed by atoms with E-state index < -0.39 is 28.8 Å². The molecule has 0 aliphatic heterocycles. The first-order chi connectivity index (χ1) is 13.3. The van der Waals surface area contributed by atoms with Crippen LogP contribution in [0.15, 0.2) is 35.2 Å². The Morgan fingerprint density at radius 2 is 1.59 bits per heavy atom. The van der Waals surface area contributed by atoms with Crippen molar-refractivity contribution in [3.63, 3.8) is 0 Å². The molecule has 1 atom stereocenters. The summed E-state index contributed by atoms with van der Waals surface area (Å²) in [4.78, 5) is -0.127. The molecule has 2 aromatic rings. The standard InChI is InChI=1S/C20H25F3N2O3S/c1-12-8-14(3)19(15(4)9-12)29(26,27)25-18(20(21,22)23)11-24-17-7-6-16(28-5)10-13(17)2/h6-10,18,24-25H,11H2,1-5H3. The number of anilines is 1. The van der Waals surface area contributed by atoms with E-state index >= 15 is 0 Å². The summed E-state index contributed by atoms with van der Waals surface area (Å²) < 4.78 is 73.1. The molecule has 0 heterocycles. The Kier molecular flexibility index (Phi) is 6.85. The molecule has 0 radical (unpaired) electrons. The van der Waals surface area contributed by atoms with Gasteiger partial charge in [0.15, 0.2) is 0 Å². The van der Waals surface area contributed by atoms with E-state index in [4.69, 9.17) is 4.74 Å². The Labute approximate surface area is 169 Å². The lowest BCUT2D eigenvalue weighted by Gasteiger charge is -2.24. The highest BCUT2D eigenvalue weighted by Crippen LogP contribution is 2.27. The third kappa shape index (κ3) is 5.63. The number of nitrogens with one attached hydrogen (secondary N) is 2. The van der Waals surface area contributed by atoms with Crippen molar-refractivity contribution in [2.24, 2.45) is 0 Å². The first-order valence-corrected chi connectivity index (χ1v) is 10.4. The van der Waals surface area contributed by atoms with Crippen LogP contribution < -0.4 is 14.8 Å². The van der Waals surface area contributed by atoms with E-state index in [1.54, 1.807) is 58.0 Å². The number of benzene rings is 2. The second-order valence-electron chi connectivity index (χ2n) is 7.01. The van der Waals surface area contributed by atoms with Gasteiger partial charge in [-0.1, -0.05) is 17.7 Å². The minimum atomic E-state index is -4.77. The number of aryl methyl sites for hydroxylation is 4. The molecule has 0 saturated carbocycles. The number of ether oxygens (including phenoxy) is 1. The van der Waals surface area contributed by atoms with Gasteiger partial charge in [0.05, 0.1) is 12.0 Å². The lowest BCUT2D eigenvalue weighted by atomic mass is 10.1. The second-order valence-corrected chi connectivity index (χ2v) is 8.66. The molecule has 0 bridgehead atoms. The Bertz CT molecular complexity index is 966.